The van der Waals surface area contributed by atoms with E-state index in [1.54, 1.807) is 62.7 Å². The van der Waals surface area contributed by atoms with Gasteiger partial charge in [-0.15, -0.1) is 0 Å². The highest BCUT2D eigenvalue weighted by Gasteiger charge is 2.24. The van der Waals surface area contributed by atoms with Gasteiger partial charge in [-0.05, 0) is 19.1 Å². The zero-order chi connectivity index (χ0) is 15.9. The van der Waals surface area contributed by atoms with Crippen molar-refractivity contribution in [2.24, 2.45) is 11.8 Å². The van der Waals surface area contributed by atoms with E-state index in [0.29, 0.717) is 12.4 Å². The third-order valence-corrected chi connectivity index (χ3v) is 3.33. The number of esters is 1. The molecule has 116 valence electrons. The van der Waals surface area contributed by atoms with E-state index < -0.39 is 6.09 Å². The number of benzene rings is 1. The van der Waals surface area contributed by atoms with Crippen LogP contribution in [0.15, 0.2) is 54.9 Å². The van der Waals surface area contributed by atoms with Crippen LogP contribution in [0.25, 0.3) is 0 Å². The van der Waals surface area contributed by atoms with Gasteiger partial charge in [0.2, 0.25) is 0 Å². The average Bonchev–Trinajstić information content (AvgIpc) is 2.55. The summed E-state index contributed by atoms with van der Waals surface area (Å²) < 4.78 is 10.2. The number of allylic oxidation sites excluding steroid dienone is 2. The van der Waals surface area contributed by atoms with Gasteiger partial charge >= 0.3 is 12.1 Å². The molecule has 1 aromatic carbocycles. The number of para-hydroxylation sites is 1. The molecule has 0 N–H and O–H groups in total. The summed E-state index contributed by atoms with van der Waals surface area (Å²) in [6, 6.07) is 8.85. The summed E-state index contributed by atoms with van der Waals surface area (Å²) in [7, 11) is 0. The van der Waals surface area contributed by atoms with Crippen molar-refractivity contribution in [3.8, 4) is 5.75 Å². The second-order valence-electron chi connectivity index (χ2n) is 4.89. The van der Waals surface area contributed by atoms with Gasteiger partial charge in [0.05, 0.1) is 12.5 Å². The molecule has 1 aliphatic rings. The van der Waals surface area contributed by atoms with Gasteiger partial charge in [-0.1, -0.05) is 37.3 Å². The topological polar surface area (TPSA) is 55.8 Å². The molecular formula is C17H19NO4. The molecule has 0 aromatic heterocycles. The lowest BCUT2D eigenvalue weighted by molar-refractivity contribution is -0.148. The molecule has 0 radical (unpaired) electrons. The molecule has 1 atom stereocenters. The summed E-state index contributed by atoms with van der Waals surface area (Å²) in [5, 5.41) is 0. The number of rotatable bonds is 4. The van der Waals surface area contributed by atoms with E-state index in [1.165, 1.54) is 4.90 Å². The Morgan fingerprint density at radius 1 is 1.18 bits per heavy atom. The van der Waals surface area contributed by atoms with Gasteiger partial charge in [0.15, 0.2) is 0 Å². The lowest BCUT2D eigenvalue weighted by Crippen LogP contribution is -2.28. The minimum atomic E-state index is -0.499. The summed E-state index contributed by atoms with van der Waals surface area (Å²) >= 11 is 0. The van der Waals surface area contributed by atoms with Crippen LogP contribution in [-0.2, 0) is 9.53 Å². The zero-order valence-corrected chi connectivity index (χ0v) is 12.6. The third kappa shape index (κ3) is 3.97. The van der Waals surface area contributed by atoms with Gasteiger partial charge < -0.3 is 9.47 Å². The van der Waals surface area contributed by atoms with E-state index in [9.17, 15) is 9.59 Å². The van der Waals surface area contributed by atoms with Crippen LogP contribution >= 0.6 is 0 Å². The molecule has 22 heavy (non-hydrogen) atoms. The predicted molar refractivity (Wildman–Crippen MR) is 81.9 cm³/mol. The minimum Gasteiger partial charge on any atom is -0.466 e. The van der Waals surface area contributed by atoms with E-state index in [1.807, 2.05) is 6.07 Å². The standard InChI is InChI=1S/C17H19NO4/c1-3-21-16(19)13(2)14-9-11-18(12-10-14)17(20)22-15-7-5-4-6-8-15/h4-14H,3H2,1-2H3. The van der Waals surface area contributed by atoms with Gasteiger partial charge in [-0.2, -0.15) is 0 Å². The lowest BCUT2D eigenvalue weighted by atomic mass is 9.93. The van der Waals surface area contributed by atoms with E-state index in [4.69, 9.17) is 9.47 Å². The molecule has 0 saturated carbocycles. The molecule has 1 aromatic rings. The van der Waals surface area contributed by atoms with Gasteiger partial charge in [-0.3, -0.25) is 9.69 Å². The van der Waals surface area contributed by atoms with Gasteiger partial charge in [0.25, 0.3) is 0 Å². The fraction of sp³-hybridized carbons (Fsp3) is 0.294. The summed E-state index contributed by atoms with van der Waals surface area (Å²) in [5.74, 6) is -0.155. The second-order valence-corrected chi connectivity index (χ2v) is 4.89. The fourth-order valence-electron chi connectivity index (χ4n) is 2.03. The first-order chi connectivity index (χ1) is 10.6. The van der Waals surface area contributed by atoms with Crippen LogP contribution in [0.5, 0.6) is 5.75 Å². The molecule has 1 unspecified atom stereocenters. The summed E-state index contributed by atoms with van der Waals surface area (Å²) in [4.78, 5) is 25.0. The largest absolute Gasteiger partial charge is 0.466 e. The predicted octanol–water partition coefficient (Wildman–Crippen LogP) is 3.34. The number of nitrogens with zero attached hydrogens (tertiary/aromatic N) is 1. The van der Waals surface area contributed by atoms with Crippen molar-refractivity contribution in [3.63, 3.8) is 0 Å². The van der Waals surface area contributed by atoms with Crippen molar-refractivity contribution in [1.29, 1.82) is 0 Å². The van der Waals surface area contributed by atoms with Crippen LogP contribution < -0.4 is 4.74 Å². The number of hydrogen-bond acceptors (Lipinski definition) is 4. The maximum absolute atomic E-state index is 12.0. The molecule has 1 amide bonds. The normalized spacial score (nSPS) is 15.5. The summed E-state index contributed by atoms with van der Waals surface area (Å²) in [6.07, 6.45) is 6.28. The summed E-state index contributed by atoms with van der Waals surface area (Å²) in [6.45, 7) is 3.94. The molecule has 2 rings (SSSR count). The number of hydrogen-bond donors (Lipinski definition) is 0. The fourth-order valence-corrected chi connectivity index (χ4v) is 2.03. The van der Waals surface area contributed by atoms with E-state index in [-0.39, 0.29) is 17.8 Å². The van der Waals surface area contributed by atoms with Gasteiger partial charge in [-0.25, -0.2) is 4.79 Å². The van der Waals surface area contributed by atoms with Crippen molar-refractivity contribution in [2.45, 2.75) is 13.8 Å². The van der Waals surface area contributed by atoms with E-state index >= 15 is 0 Å². The first-order valence-corrected chi connectivity index (χ1v) is 7.20. The average molecular weight is 301 g/mol. The smallest absolute Gasteiger partial charge is 0.423 e. The quantitative estimate of drug-likeness (QED) is 0.800. The lowest BCUT2D eigenvalue weighted by Gasteiger charge is -2.22. The molecule has 0 spiro atoms. The van der Waals surface area contributed by atoms with Gasteiger partial charge in [0.1, 0.15) is 5.75 Å². The first-order valence-electron chi connectivity index (χ1n) is 7.20. The van der Waals surface area contributed by atoms with Crippen LogP contribution in [0, 0.1) is 11.8 Å². The third-order valence-electron chi connectivity index (χ3n) is 3.33. The highest BCUT2D eigenvalue weighted by molar-refractivity contribution is 5.75. The van der Waals surface area contributed by atoms with Crippen LogP contribution in [-0.4, -0.2) is 23.6 Å². The van der Waals surface area contributed by atoms with E-state index in [2.05, 4.69) is 0 Å². The minimum absolute atomic E-state index is 0.0974. The number of amides is 1. The molecule has 0 fully saturated rings. The number of ether oxygens (including phenoxy) is 2. The van der Waals surface area contributed by atoms with Crippen LogP contribution in [0.2, 0.25) is 0 Å². The molecule has 5 heteroatoms. The number of carbonyl (C=O) groups is 2. The maximum Gasteiger partial charge on any atom is 0.423 e. The molecule has 5 nitrogen and oxygen atoms in total. The van der Waals surface area contributed by atoms with Crippen molar-refractivity contribution < 1.29 is 19.1 Å². The van der Waals surface area contributed by atoms with Gasteiger partial charge in [0, 0.05) is 18.3 Å². The van der Waals surface area contributed by atoms with E-state index in [0.717, 1.165) is 0 Å². The van der Waals surface area contributed by atoms with Crippen LogP contribution in [0.3, 0.4) is 0 Å². The maximum atomic E-state index is 12.0. The molecule has 0 bridgehead atoms. The van der Waals surface area contributed by atoms with Crippen molar-refractivity contribution in [2.75, 3.05) is 6.61 Å². The van der Waals surface area contributed by atoms with Crippen LogP contribution in [0.4, 0.5) is 4.79 Å². The van der Waals surface area contributed by atoms with Crippen molar-refractivity contribution >= 4 is 12.1 Å². The Morgan fingerprint density at radius 3 is 2.41 bits per heavy atom. The van der Waals surface area contributed by atoms with Crippen LogP contribution in [0.1, 0.15) is 13.8 Å². The Labute approximate surface area is 129 Å². The SMILES string of the molecule is CCOC(=O)C(C)C1C=CN(C(=O)Oc2ccccc2)C=C1. The Bertz CT molecular complexity index is 566. The monoisotopic (exact) mass is 301 g/mol. The second kappa shape index (κ2) is 7.45. The first kappa shape index (κ1) is 15.8. The number of carbonyl (C=O) groups excluding carboxylic acids is 2. The highest BCUT2D eigenvalue weighted by atomic mass is 16.6. The van der Waals surface area contributed by atoms with Crippen molar-refractivity contribution in [3.05, 3.63) is 54.9 Å². The Balaban J connectivity index is 1.92. The molecule has 1 aliphatic heterocycles. The Morgan fingerprint density at radius 2 is 1.82 bits per heavy atom. The molecule has 0 saturated heterocycles. The molecule has 0 aliphatic carbocycles. The molecule has 1 heterocycles. The Kier molecular flexibility index (Phi) is 5.36. The molecular weight excluding hydrogens is 282 g/mol. The van der Waals surface area contributed by atoms with Crippen molar-refractivity contribution in [1.82, 2.24) is 4.90 Å². The highest BCUT2D eigenvalue weighted by Crippen LogP contribution is 2.21. The Hall–Kier alpha value is -2.56. The zero-order valence-electron chi connectivity index (χ0n) is 12.6. The summed E-state index contributed by atoms with van der Waals surface area (Å²) in [5.41, 5.74) is 0.